The lowest BCUT2D eigenvalue weighted by Gasteiger charge is -2.15. The van der Waals surface area contributed by atoms with Crippen LogP contribution in [0.25, 0.3) is 6.08 Å². The predicted octanol–water partition coefficient (Wildman–Crippen LogP) is 6.57. The number of thiocarbonyl (C=S) groups is 1. The first-order chi connectivity index (χ1) is 13.3. The number of halogens is 3. The number of rotatable bonds is 5. The zero-order chi connectivity index (χ0) is 20.4. The molecule has 2 aromatic carbocycles. The molecule has 28 heavy (non-hydrogen) atoms. The molecule has 1 aliphatic heterocycles. The Hall–Kier alpha value is -1.25. The van der Waals surface area contributed by atoms with Gasteiger partial charge in [-0.3, -0.25) is 9.69 Å². The van der Waals surface area contributed by atoms with Crippen molar-refractivity contribution >= 4 is 85.1 Å². The highest BCUT2D eigenvalue weighted by Gasteiger charge is 2.33. The molecule has 0 aliphatic carbocycles. The highest BCUT2D eigenvalue weighted by molar-refractivity contribution is 9.10. The maximum atomic E-state index is 12.9. The van der Waals surface area contributed by atoms with Crippen LogP contribution in [0.2, 0.25) is 10.0 Å². The Morgan fingerprint density at radius 1 is 1.25 bits per heavy atom. The van der Waals surface area contributed by atoms with E-state index in [-0.39, 0.29) is 5.91 Å². The maximum Gasteiger partial charge on any atom is 0.270 e. The van der Waals surface area contributed by atoms with E-state index < -0.39 is 0 Å². The largest absolute Gasteiger partial charge is 0.493 e. The summed E-state index contributed by atoms with van der Waals surface area (Å²) in [7, 11) is 1.57. The summed E-state index contributed by atoms with van der Waals surface area (Å²) in [5, 5.41) is 0.773. The van der Waals surface area contributed by atoms with Crippen molar-refractivity contribution in [2.24, 2.45) is 0 Å². The van der Waals surface area contributed by atoms with Gasteiger partial charge in [-0.25, -0.2) is 0 Å². The second kappa shape index (κ2) is 9.05. The normalized spacial score (nSPS) is 15.5. The van der Waals surface area contributed by atoms with Crippen molar-refractivity contribution < 1.29 is 14.3 Å². The minimum Gasteiger partial charge on any atom is -0.493 e. The van der Waals surface area contributed by atoms with E-state index in [0.717, 1.165) is 10.0 Å². The molecule has 0 spiro atoms. The fraction of sp³-hybridized carbons (Fsp3) is 0.158. The molecule has 0 atom stereocenters. The summed E-state index contributed by atoms with van der Waals surface area (Å²) in [4.78, 5) is 14.9. The van der Waals surface area contributed by atoms with Gasteiger partial charge in [0.25, 0.3) is 5.91 Å². The Labute approximate surface area is 190 Å². The van der Waals surface area contributed by atoms with Crippen LogP contribution in [-0.4, -0.2) is 23.9 Å². The van der Waals surface area contributed by atoms with Gasteiger partial charge in [-0.2, -0.15) is 0 Å². The van der Waals surface area contributed by atoms with E-state index in [9.17, 15) is 4.79 Å². The van der Waals surface area contributed by atoms with Crippen LogP contribution in [0.4, 0.5) is 5.69 Å². The Morgan fingerprint density at radius 3 is 2.64 bits per heavy atom. The summed E-state index contributed by atoms with van der Waals surface area (Å²) in [5.41, 5.74) is 1.35. The van der Waals surface area contributed by atoms with Gasteiger partial charge in [0.15, 0.2) is 15.8 Å². The smallest absolute Gasteiger partial charge is 0.270 e. The molecule has 2 aromatic rings. The van der Waals surface area contributed by atoms with E-state index in [0.29, 0.717) is 43.1 Å². The second-order valence-corrected chi connectivity index (χ2v) is 8.93. The number of carbonyl (C=O) groups excluding carboxylic acids is 1. The monoisotopic (exact) mass is 517 g/mol. The summed E-state index contributed by atoms with van der Waals surface area (Å²) in [6.07, 6.45) is 1.76. The van der Waals surface area contributed by atoms with Crippen LogP contribution in [0.5, 0.6) is 11.5 Å². The van der Waals surface area contributed by atoms with Gasteiger partial charge >= 0.3 is 0 Å². The first-order valence-electron chi connectivity index (χ1n) is 8.09. The summed E-state index contributed by atoms with van der Waals surface area (Å²) in [5.74, 6) is 0.963. The van der Waals surface area contributed by atoms with Gasteiger partial charge in [-0.1, -0.05) is 47.2 Å². The van der Waals surface area contributed by atoms with Gasteiger partial charge in [0, 0.05) is 0 Å². The SMILES string of the molecule is CCOc1c(Br)cc(/C=C2\SC(=S)N(c3ccc(Cl)c(Cl)c3)C2=O)cc1OC. The fourth-order valence-electron chi connectivity index (χ4n) is 2.57. The molecule has 1 saturated heterocycles. The summed E-state index contributed by atoms with van der Waals surface area (Å²) in [6.45, 7) is 2.41. The van der Waals surface area contributed by atoms with Crippen LogP contribution in [0.1, 0.15) is 12.5 Å². The molecule has 146 valence electrons. The van der Waals surface area contributed by atoms with E-state index in [2.05, 4.69) is 15.9 Å². The van der Waals surface area contributed by atoms with Gasteiger partial charge in [0.2, 0.25) is 0 Å². The maximum absolute atomic E-state index is 12.9. The number of hydrogen-bond donors (Lipinski definition) is 0. The first-order valence-corrected chi connectivity index (χ1v) is 10.9. The number of amides is 1. The first kappa shape index (κ1) is 21.5. The fourth-order valence-corrected chi connectivity index (χ4v) is 4.74. The van der Waals surface area contributed by atoms with E-state index in [1.807, 2.05) is 19.1 Å². The van der Waals surface area contributed by atoms with Crippen LogP contribution >= 0.6 is 63.1 Å². The van der Waals surface area contributed by atoms with E-state index in [1.54, 1.807) is 31.4 Å². The van der Waals surface area contributed by atoms with Gasteiger partial charge in [-0.15, -0.1) is 0 Å². The van der Waals surface area contributed by atoms with E-state index >= 15 is 0 Å². The lowest BCUT2D eigenvalue weighted by Crippen LogP contribution is -2.27. The number of hydrogen-bond acceptors (Lipinski definition) is 5. The highest BCUT2D eigenvalue weighted by Crippen LogP contribution is 2.40. The average molecular weight is 519 g/mol. The van der Waals surface area contributed by atoms with Crippen LogP contribution in [0, 0.1) is 0 Å². The molecule has 0 saturated carbocycles. The van der Waals surface area contributed by atoms with Crippen LogP contribution in [0.15, 0.2) is 39.7 Å². The quantitative estimate of drug-likeness (QED) is 0.330. The molecule has 1 heterocycles. The Bertz CT molecular complexity index is 997. The number of benzene rings is 2. The summed E-state index contributed by atoms with van der Waals surface area (Å²) in [6, 6.07) is 8.63. The van der Waals surface area contributed by atoms with Crippen molar-refractivity contribution in [3.8, 4) is 11.5 Å². The van der Waals surface area contributed by atoms with Gasteiger partial charge in [0.1, 0.15) is 0 Å². The van der Waals surface area contributed by atoms with Gasteiger partial charge < -0.3 is 9.47 Å². The third-order valence-electron chi connectivity index (χ3n) is 3.79. The zero-order valence-corrected chi connectivity index (χ0v) is 19.5. The predicted molar refractivity (Wildman–Crippen MR) is 124 cm³/mol. The molecule has 1 fully saturated rings. The highest BCUT2D eigenvalue weighted by atomic mass is 79.9. The summed E-state index contributed by atoms with van der Waals surface area (Å²) >= 11 is 22.1. The number of ether oxygens (including phenoxy) is 2. The van der Waals surface area contributed by atoms with Crippen molar-refractivity contribution in [2.45, 2.75) is 6.92 Å². The van der Waals surface area contributed by atoms with Gasteiger partial charge in [-0.05, 0) is 64.8 Å². The molecule has 4 nitrogen and oxygen atoms in total. The van der Waals surface area contributed by atoms with Crippen molar-refractivity contribution in [1.29, 1.82) is 0 Å². The molecule has 1 aliphatic rings. The molecule has 9 heteroatoms. The molecule has 0 bridgehead atoms. The van der Waals surface area contributed by atoms with E-state index in [4.69, 9.17) is 44.9 Å². The average Bonchev–Trinajstić information content (AvgIpc) is 2.93. The van der Waals surface area contributed by atoms with Crippen LogP contribution < -0.4 is 14.4 Å². The Morgan fingerprint density at radius 2 is 2.00 bits per heavy atom. The van der Waals surface area contributed by atoms with Crippen molar-refractivity contribution in [1.82, 2.24) is 0 Å². The van der Waals surface area contributed by atoms with Crippen molar-refractivity contribution in [3.63, 3.8) is 0 Å². The number of carbonyl (C=O) groups is 1. The van der Waals surface area contributed by atoms with Crippen molar-refractivity contribution in [3.05, 3.63) is 55.3 Å². The Kier molecular flexibility index (Phi) is 6.94. The third-order valence-corrected chi connectivity index (χ3v) is 6.42. The Balaban J connectivity index is 1.95. The molecule has 0 N–H and O–H groups in total. The molecule has 0 unspecified atom stereocenters. The van der Waals surface area contributed by atoms with Crippen LogP contribution in [-0.2, 0) is 4.79 Å². The standard InChI is InChI=1S/C19H14BrCl2NO3S2/c1-3-26-17-12(20)6-10(7-15(17)25-2)8-16-18(24)23(19(27)28-16)11-4-5-13(21)14(22)9-11/h4-9H,3H2,1-2H3/b16-8-. The minimum absolute atomic E-state index is 0.225. The van der Waals surface area contributed by atoms with Gasteiger partial charge in [0.05, 0.1) is 38.8 Å². The lowest BCUT2D eigenvalue weighted by molar-refractivity contribution is -0.113. The second-order valence-electron chi connectivity index (χ2n) is 5.58. The molecule has 3 rings (SSSR count). The molecular formula is C19H14BrCl2NO3S2. The minimum atomic E-state index is -0.225. The molecular weight excluding hydrogens is 505 g/mol. The van der Waals surface area contributed by atoms with Crippen molar-refractivity contribution in [2.75, 3.05) is 18.6 Å². The number of anilines is 1. The van der Waals surface area contributed by atoms with Crippen LogP contribution in [0.3, 0.4) is 0 Å². The number of thioether (sulfide) groups is 1. The van der Waals surface area contributed by atoms with E-state index in [1.165, 1.54) is 16.7 Å². The zero-order valence-electron chi connectivity index (χ0n) is 14.8. The number of nitrogens with zero attached hydrogens (tertiary/aromatic N) is 1. The molecule has 0 radical (unpaired) electrons. The number of methoxy groups -OCH3 is 1. The topological polar surface area (TPSA) is 38.8 Å². The summed E-state index contributed by atoms with van der Waals surface area (Å²) < 4.78 is 12.2. The third kappa shape index (κ3) is 4.33. The molecule has 1 amide bonds. The lowest BCUT2D eigenvalue weighted by atomic mass is 10.1. The molecule has 0 aromatic heterocycles.